The Morgan fingerprint density at radius 2 is 1.89 bits per heavy atom. The molecule has 0 N–H and O–H groups in total. The lowest BCUT2D eigenvalue weighted by atomic mass is 9.87. The van der Waals surface area contributed by atoms with E-state index in [0.717, 1.165) is 11.0 Å². The second-order valence-electron chi connectivity index (χ2n) is 6.26. The number of hydrogen-bond donors (Lipinski definition) is 0. The molecule has 0 radical (unpaired) electrons. The molecule has 28 heavy (non-hydrogen) atoms. The van der Waals surface area contributed by atoms with Gasteiger partial charge in [-0.3, -0.25) is 4.79 Å². The maximum Gasteiger partial charge on any atom is 0.333 e. The number of carbonyl (C=O) groups excluding carboxylic acids is 2. The van der Waals surface area contributed by atoms with Crippen LogP contribution in [-0.2, 0) is 19.9 Å². The van der Waals surface area contributed by atoms with E-state index in [4.69, 9.17) is 33.3 Å². The van der Waals surface area contributed by atoms with Crippen LogP contribution in [0.3, 0.4) is 0 Å². The van der Waals surface area contributed by atoms with Crippen molar-refractivity contribution in [2.24, 2.45) is 0 Å². The second kappa shape index (κ2) is 7.85. The molecule has 0 saturated carbocycles. The molecule has 3 rings (SSSR count). The zero-order valence-corrected chi connectivity index (χ0v) is 16.7. The molecule has 1 aliphatic heterocycles. The van der Waals surface area contributed by atoms with Crippen molar-refractivity contribution in [1.29, 1.82) is 0 Å². The molecule has 0 bridgehead atoms. The van der Waals surface area contributed by atoms with E-state index in [1.54, 1.807) is 38.1 Å². The number of nitrogens with zero attached hydrogens (tertiary/aromatic N) is 1. The Labute approximate surface area is 172 Å². The molecule has 146 valence electrons. The fraction of sp³-hybridized carbons (Fsp3) is 0.250. The lowest BCUT2D eigenvalue weighted by Gasteiger charge is -2.30. The molecule has 1 saturated heterocycles. The Kier molecular flexibility index (Phi) is 5.67. The van der Waals surface area contributed by atoms with Crippen molar-refractivity contribution < 1.29 is 23.5 Å². The number of rotatable bonds is 4. The predicted molar refractivity (Wildman–Crippen MR) is 105 cm³/mol. The van der Waals surface area contributed by atoms with Gasteiger partial charge in [-0.05, 0) is 44.3 Å². The highest BCUT2D eigenvalue weighted by Gasteiger charge is 2.58. The first-order valence-corrected chi connectivity index (χ1v) is 9.32. The summed E-state index contributed by atoms with van der Waals surface area (Å²) in [5, 5.41) is 0.0796. The minimum Gasteiger partial charge on any atom is -0.464 e. The van der Waals surface area contributed by atoms with Crippen molar-refractivity contribution in [2.45, 2.75) is 25.5 Å². The molecule has 2 unspecified atom stereocenters. The first-order valence-electron chi connectivity index (χ1n) is 8.54. The Bertz CT molecular complexity index is 953. The zero-order chi connectivity index (χ0) is 20.5. The van der Waals surface area contributed by atoms with Crippen molar-refractivity contribution in [1.82, 2.24) is 4.90 Å². The van der Waals surface area contributed by atoms with Crippen molar-refractivity contribution in [3.05, 3.63) is 70.5 Å². The minimum absolute atomic E-state index is 0.0857. The van der Waals surface area contributed by atoms with Crippen LogP contribution >= 0.6 is 23.8 Å². The second-order valence-corrected chi connectivity index (χ2v) is 7.02. The molecule has 1 fully saturated rings. The Hall–Kier alpha value is -2.51. The fourth-order valence-corrected chi connectivity index (χ4v) is 3.91. The highest BCUT2D eigenvalue weighted by Crippen LogP contribution is 2.43. The van der Waals surface area contributed by atoms with Crippen LogP contribution in [0.2, 0.25) is 5.02 Å². The van der Waals surface area contributed by atoms with Crippen LogP contribution in [0.1, 0.15) is 29.8 Å². The number of carbonyl (C=O) groups is 2. The summed E-state index contributed by atoms with van der Waals surface area (Å²) in [5.41, 5.74) is -1.17. The van der Waals surface area contributed by atoms with Gasteiger partial charge in [0.25, 0.3) is 11.1 Å². The Morgan fingerprint density at radius 3 is 2.54 bits per heavy atom. The largest absolute Gasteiger partial charge is 0.464 e. The van der Waals surface area contributed by atoms with Crippen molar-refractivity contribution in [3.63, 3.8) is 0 Å². The molecule has 0 aromatic heterocycles. The summed E-state index contributed by atoms with van der Waals surface area (Å²) in [6, 6.07) is 10.9. The fourth-order valence-electron chi connectivity index (χ4n) is 3.22. The Morgan fingerprint density at radius 1 is 1.25 bits per heavy atom. The number of halogens is 2. The van der Waals surface area contributed by atoms with Gasteiger partial charge in [0.15, 0.2) is 11.6 Å². The first kappa shape index (κ1) is 20.2. The van der Waals surface area contributed by atoms with Gasteiger partial charge in [-0.15, -0.1) is 0 Å². The third-order valence-electron chi connectivity index (χ3n) is 4.52. The summed E-state index contributed by atoms with van der Waals surface area (Å²) in [7, 11) is 0. The van der Waals surface area contributed by atoms with Crippen LogP contribution < -0.4 is 0 Å². The SMILES string of the molecule is CCOC(=O)C1N(C(=O)c2ccccc2F)C(=S)OC1(C)c1ccccc1Cl. The van der Waals surface area contributed by atoms with Gasteiger partial charge < -0.3 is 9.47 Å². The minimum atomic E-state index is -1.40. The van der Waals surface area contributed by atoms with Gasteiger partial charge in [0.2, 0.25) is 0 Å². The molecule has 0 spiro atoms. The summed E-state index contributed by atoms with van der Waals surface area (Å²) in [6.07, 6.45) is 0. The number of thiocarbonyl (C=S) groups is 1. The van der Waals surface area contributed by atoms with Crippen LogP contribution in [0.5, 0.6) is 0 Å². The normalized spacial score (nSPS) is 21.4. The standard InChI is InChI=1S/C20H17ClFNO4S/c1-3-26-18(25)16-20(2,13-9-5-6-10-14(13)21)27-19(28)23(16)17(24)12-8-4-7-11-15(12)22/h4-11,16H,3H2,1-2H3. The predicted octanol–water partition coefficient (Wildman–Crippen LogP) is 4.08. The van der Waals surface area contributed by atoms with Crippen LogP contribution in [0, 0.1) is 5.82 Å². The van der Waals surface area contributed by atoms with E-state index in [-0.39, 0.29) is 17.3 Å². The van der Waals surface area contributed by atoms with Gasteiger partial charge in [0, 0.05) is 10.6 Å². The smallest absolute Gasteiger partial charge is 0.333 e. The van der Waals surface area contributed by atoms with E-state index in [1.165, 1.54) is 18.2 Å². The van der Waals surface area contributed by atoms with Gasteiger partial charge in [-0.2, -0.15) is 0 Å². The molecular formula is C20H17ClFNO4S. The molecule has 0 aliphatic carbocycles. The van der Waals surface area contributed by atoms with Gasteiger partial charge in [0.1, 0.15) is 5.82 Å². The molecule has 1 amide bonds. The maximum absolute atomic E-state index is 14.2. The molecule has 2 aromatic carbocycles. The number of ether oxygens (including phenoxy) is 2. The van der Waals surface area contributed by atoms with Crippen LogP contribution in [0.4, 0.5) is 4.39 Å². The van der Waals surface area contributed by atoms with E-state index >= 15 is 0 Å². The average Bonchev–Trinajstić information content (AvgIpc) is 2.93. The van der Waals surface area contributed by atoms with Crippen LogP contribution in [0.25, 0.3) is 0 Å². The van der Waals surface area contributed by atoms with E-state index in [0.29, 0.717) is 10.6 Å². The van der Waals surface area contributed by atoms with Crippen molar-refractivity contribution in [2.75, 3.05) is 6.61 Å². The maximum atomic E-state index is 14.2. The summed E-state index contributed by atoms with van der Waals surface area (Å²) in [4.78, 5) is 26.9. The van der Waals surface area contributed by atoms with Crippen LogP contribution in [0.15, 0.2) is 48.5 Å². The third-order valence-corrected chi connectivity index (χ3v) is 5.13. The van der Waals surface area contributed by atoms with Crippen molar-refractivity contribution in [3.8, 4) is 0 Å². The quantitative estimate of drug-likeness (QED) is 0.550. The van der Waals surface area contributed by atoms with Gasteiger partial charge in [0.05, 0.1) is 12.2 Å². The van der Waals surface area contributed by atoms with Crippen molar-refractivity contribution >= 4 is 40.9 Å². The zero-order valence-electron chi connectivity index (χ0n) is 15.1. The highest BCUT2D eigenvalue weighted by atomic mass is 35.5. The van der Waals surface area contributed by atoms with Gasteiger partial charge >= 0.3 is 5.97 Å². The monoisotopic (exact) mass is 421 g/mol. The topological polar surface area (TPSA) is 55.8 Å². The summed E-state index contributed by atoms with van der Waals surface area (Å²) in [6.45, 7) is 3.32. The first-order chi connectivity index (χ1) is 13.3. The van der Waals surface area contributed by atoms with E-state index in [9.17, 15) is 14.0 Å². The molecule has 1 aliphatic rings. The third kappa shape index (κ3) is 3.36. The lowest BCUT2D eigenvalue weighted by Crippen LogP contribution is -2.50. The molecule has 8 heteroatoms. The van der Waals surface area contributed by atoms with Crippen LogP contribution in [-0.4, -0.2) is 34.6 Å². The molecule has 5 nitrogen and oxygen atoms in total. The molecular weight excluding hydrogens is 405 g/mol. The number of esters is 1. The van der Waals surface area contributed by atoms with E-state index < -0.39 is 29.3 Å². The summed E-state index contributed by atoms with van der Waals surface area (Å²) in [5.74, 6) is -2.25. The average molecular weight is 422 g/mol. The Balaban J connectivity index is 2.13. The number of hydrogen-bond acceptors (Lipinski definition) is 5. The number of benzene rings is 2. The molecule has 2 aromatic rings. The number of amides is 1. The van der Waals surface area contributed by atoms with E-state index in [2.05, 4.69) is 0 Å². The molecule has 1 heterocycles. The lowest BCUT2D eigenvalue weighted by molar-refractivity contribution is -0.151. The summed E-state index contributed by atoms with van der Waals surface area (Å²) < 4.78 is 25.2. The van der Waals surface area contributed by atoms with Gasteiger partial charge in [-0.1, -0.05) is 41.9 Å². The highest BCUT2D eigenvalue weighted by molar-refractivity contribution is 7.80. The summed E-state index contributed by atoms with van der Waals surface area (Å²) >= 11 is 11.6. The molecule has 2 atom stereocenters. The van der Waals surface area contributed by atoms with E-state index in [1.807, 2.05) is 0 Å². The van der Waals surface area contributed by atoms with Gasteiger partial charge in [-0.25, -0.2) is 14.1 Å².